The summed E-state index contributed by atoms with van der Waals surface area (Å²) in [6, 6.07) is 12.8. The maximum Gasteiger partial charge on any atom is 0.335 e. The van der Waals surface area contributed by atoms with Gasteiger partial charge >= 0.3 is 5.97 Å². The van der Waals surface area contributed by atoms with Crippen molar-refractivity contribution in [2.24, 2.45) is 0 Å². The third kappa shape index (κ3) is 3.35. The van der Waals surface area contributed by atoms with Gasteiger partial charge in [0, 0.05) is 0 Å². The molecule has 98 valence electrons. The molecule has 0 aliphatic rings. The van der Waals surface area contributed by atoms with Crippen molar-refractivity contribution < 1.29 is 14.6 Å². The molecule has 2 aromatic rings. The van der Waals surface area contributed by atoms with Crippen LogP contribution in [0.2, 0.25) is 0 Å². The van der Waals surface area contributed by atoms with Crippen molar-refractivity contribution in [2.45, 2.75) is 6.42 Å². The number of hydrogen-bond donors (Lipinski definition) is 1. The molecular formula is C15H13BrO3. The number of carboxylic acid groups (broad SMARTS) is 1. The summed E-state index contributed by atoms with van der Waals surface area (Å²) >= 11 is 3.45. The average molecular weight is 321 g/mol. The second-order valence-electron chi connectivity index (χ2n) is 4.15. The molecule has 0 atom stereocenters. The van der Waals surface area contributed by atoms with Gasteiger partial charge in [0.15, 0.2) is 0 Å². The molecule has 4 heteroatoms. The Hall–Kier alpha value is -1.81. The van der Waals surface area contributed by atoms with Crippen molar-refractivity contribution in [1.82, 2.24) is 0 Å². The summed E-state index contributed by atoms with van der Waals surface area (Å²) in [7, 11) is 1.63. The van der Waals surface area contributed by atoms with Crippen molar-refractivity contribution in [3.8, 4) is 5.75 Å². The van der Waals surface area contributed by atoms with E-state index in [-0.39, 0.29) is 0 Å². The molecule has 0 aliphatic heterocycles. The van der Waals surface area contributed by atoms with E-state index >= 15 is 0 Å². The second-order valence-corrected chi connectivity index (χ2v) is 5.00. The van der Waals surface area contributed by atoms with E-state index in [0.29, 0.717) is 5.56 Å². The van der Waals surface area contributed by atoms with Crippen molar-refractivity contribution in [3.63, 3.8) is 0 Å². The summed E-state index contributed by atoms with van der Waals surface area (Å²) in [5, 5.41) is 8.84. The zero-order chi connectivity index (χ0) is 13.8. The Labute approximate surface area is 120 Å². The lowest BCUT2D eigenvalue weighted by molar-refractivity contribution is 0.0697. The monoisotopic (exact) mass is 320 g/mol. The number of carboxylic acids is 1. The molecule has 0 bridgehead atoms. The molecule has 0 saturated heterocycles. The lowest BCUT2D eigenvalue weighted by Crippen LogP contribution is -1.96. The number of aromatic carboxylic acids is 1. The van der Waals surface area contributed by atoms with Crippen LogP contribution in [0, 0.1) is 0 Å². The van der Waals surface area contributed by atoms with Crippen molar-refractivity contribution in [2.75, 3.05) is 7.11 Å². The van der Waals surface area contributed by atoms with Crippen molar-refractivity contribution in [3.05, 3.63) is 63.6 Å². The molecule has 0 aliphatic carbocycles. The summed E-state index contributed by atoms with van der Waals surface area (Å²) in [6.45, 7) is 0. The highest BCUT2D eigenvalue weighted by molar-refractivity contribution is 9.10. The molecule has 0 amide bonds. The Morgan fingerprint density at radius 1 is 1.16 bits per heavy atom. The van der Waals surface area contributed by atoms with E-state index in [0.717, 1.165) is 27.8 Å². The summed E-state index contributed by atoms with van der Waals surface area (Å²) in [4.78, 5) is 10.8. The maximum atomic E-state index is 10.8. The van der Waals surface area contributed by atoms with Crippen LogP contribution in [0.25, 0.3) is 0 Å². The van der Waals surface area contributed by atoms with Crippen LogP contribution in [-0.4, -0.2) is 18.2 Å². The van der Waals surface area contributed by atoms with Crippen LogP contribution in [0.5, 0.6) is 5.75 Å². The predicted molar refractivity (Wildman–Crippen MR) is 76.9 cm³/mol. The van der Waals surface area contributed by atoms with Gasteiger partial charge in [-0.1, -0.05) is 18.2 Å². The molecule has 3 nitrogen and oxygen atoms in total. The van der Waals surface area contributed by atoms with Gasteiger partial charge in [0.05, 0.1) is 17.1 Å². The van der Waals surface area contributed by atoms with Gasteiger partial charge in [0.1, 0.15) is 5.75 Å². The first-order valence-electron chi connectivity index (χ1n) is 5.75. The van der Waals surface area contributed by atoms with Crippen molar-refractivity contribution >= 4 is 21.9 Å². The molecule has 0 fully saturated rings. The normalized spacial score (nSPS) is 10.2. The summed E-state index contributed by atoms with van der Waals surface area (Å²) in [6.07, 6.45) is 0.752. The van der Waals surface area contributed by atoms with Gasteiger partial charge in [-0.3, -0.25) is 0 Å². The third-order valence-electron chi connectivity index (χ3n) is 2.83. The van der Waals surface area contributed by atoms with E-state index in [2.05, 4.69) is 15.9 Å². The number of rotatable bonds is 4. The SMILES string of the molecule is COc1ccc(Cc2ccc(C(=O)O)cc2)cc1Br. The van der Waals surface area contributed by atoms with Crippen LogP contribution in [0.1, 0.15) is 21.5 Å². The van der Waals surface area contributed by atoms with Gasteiger partial charge in [-0.2, -0.15) is 0 Å². The molecule has 0 unspecified atom stereocenters. The number of ether oxygens (including phenoxy) is 1. The lowest BCUT2D eigenvalue weighted by atomic mass is 10.0. The standard InChI is InChI=1S/C15H13BrO3/c1-19-14-7-4-11(9-13(14)16)8-10-2-5-12(6-3-10)15(17)18/h2-7,9H,8H2,1H3,(H,17,18). The number of benzene rings is 2. The molecule has 1 N–H and O–H groups in total. The number of halogens is 1. The molecular weight excluding hydrogens is 308 g/mol. The summed E-state index contributed by atoms with van der Waals surface area (Å²) < 4.78 is 6.09. The van der Waals surface area contributed by atoms with Crippen LogP contribution in [0.15, 0.2) is 46.9 Å². The van der Waals surface area contributed by atoms with Gasteiger partial charge in [0.25, 0.3) is 0 Å². The van der Waals surface area contributed by atoms with Gasteiger partial charge in [-0.05, 0) is 57.7 Å². The smallest absolute Gasteiger partial charge is 0.335 e. The fraction of sp³-hybridized carbons (Fsp3) is 0.133. The van der Waals surface area contributed by atoms with Crippen LogP contribution in [0.3, 0.4) is 0 Å². The van der Waals surface area contributed by atoms with E-state index in [9.17, 15) is 4.79 Å². The van der Waals surface area contributed by atoms with Crippen molar-refractivity contribution in [1.29, 1.82) is 0 Å². The Bertz CT molecular complexity index is 591. The number of carbonyl (C=O) groups is 1. The van der Waals surface area contributed by atoms with Crippen LogP contribution in [-0.2, 0) is 6.42 Å². The molecule has 2 aromatic carbocycles. The first-order chi connectivity index (χ1) is 9.10. The minimum absolute atomic E-state index is 0.305. The van der Waals surface area contributed by atoms with E-state index in [1.807, 2.05) is 30.3 Å². The Morgan fingerprint density at radius 2 is 1.79 bits per heavy atom. The van der Waals surface area contributed by atoms with Gasteiger partial charge in [-0.25, -0.2) is 4.79 Å². The molecule has 0 saturated carbocycles. The highest BCUT2D eigenvalue weighted by Crippen LogP contribution is 2.26. The number of hydrogen-bond acceptors (Lipinski definition) is 2. The largest absolute Gasteiger partial charge is 0.496 e. The topological polar surface area (TPSA) is 46.5 Å². The third-order valence-corrected chi connectivity index (χ3v) is 3.45. The summed E-state index contributed by atoms with van der Waals surface area (Å²) in [5.74, 6) is -0.108. The maximum absolute atomic E-state index is 10.8. The van der Waals surface area contributed by atoms with E-state index in [1.165, 1.54) is 0 Å². The zero-order valence-electron chi connectivity index (χ0n) is 10.4. The van der Waals surface area contributed by atoms with Gasteiger partial charge in [0.2, 0.25) is 0 Å². The Kier molecular flexibility index (Phi) is 4.22. The number of methoxy groups -OCH3 is 1. The van der Waals surface area contributed by atoms with Gasteiger partial charge in [-0.15, -0.1) is 0 Å². The second kappa shape index (κ2) is 5.89. The molecule has 2 rings (SSSR count). The average Bonchev–Trinajstić information content (AvgIpc) is 2.39. The first kappa shape index (κ1) is 13.6. The van der Waals surface area contributed by atoms with Crippen LogP contribution < -0.4 is 4.74 Å². The quantitative estimate of drug-likeness (QED) is 0.933. The minimum atomic E-state index is -0.904. The summed E-state index contributed by atoms with van der Waals surface area (Å²) in [5.41, 5.74) is 2.51. The highest BCUT2D eigenvalue weighted by Gasteiger charge is 2.04. The molecule has 0 spiro atoms. The van der Waals surface area contributed by atoms with E-state index < -0.39 is 5.97 Å². The lowest BCUT2D eigenvalue weighted by Gasteiger charge is -2.07. The first-order valence-corrected chi connectivity index (χ1v) is 6.54. The van der Waals surface area contributed by atoms with Crippen LogP contribution >= 0.6 is 15.9 Å². The minimum Gasteiger partial charge on any atom is -0.496 e. The molecule has 19 heavy (non-hydrogen) atoms. The highest BCUT2D eigenvalue weighted by atomic mass is 79.9. The van der Waals surface area contributed by atoms with Gasteiger partial charge < -0.3 is 9.84 Å². The molecule has 0 heterocycles. The fourth-order valence-corrected chi connectivity index (χ4v) is 2.41. The molecule has 0 radical (unpaired) electrons. The Morgan fingerprint density at radius 3 is 2.32 bits per heavy atom. The van der Waals surface area contributed by atoms with Crippen LogP contribution in [0.4, 0.5) is 0 Å². The Balaban J connectivity index is 2.16. The van der Waals surface area contributed by atoms with E-state index in [4.69, 9.17) is 9.84 Å². The zero-order valence-corrected chi connectivity index (χ0v) is 12.0. The van der Waals surface area contributed by atoms with E-state index in [1.54, 1.807) is 19.2 Å². The predicted octanol–water partition coefficient (Wildman–Crippen LogP) is 3.75. The fourth-order valence-electron chi connectivity index (χ4n) is 1.82. The molecule has 0 aromatic heterocycles.